The zero-order chi connectivity index (χ0) is 60.2. The van der Waals surface area contributed by atoms with E-state index in [4.69, 9.17) is 0 Å². The predicted octanol–water partition coefficient (Wildman–Crippen LogP) is 24.8. The van der Waals surface area contributed by atoms with Crippen LogP contribution in [-0.4, -0.2) is 76.9 Å². The summed E-state index contributed by atoms with van der Waals surface area (Å²) < 4.78 is 75.2. The molecule has 496 valence electrons. The molecule has 0 heterocycles. The molecule has 0 saturated heterocycles. The topological polar surface area (TPSA) is 133 Å². The molecular weight excluding hydrogens is 1100 g/mol. The molecule has 11 heteroatoms. The molecule has 83 heavy (non-hydrogen) atoms. The largest absolute Gasteiger partial charge is 2.00 e. The molecule has 0 aromatic heterocycles. The van der Waals surface area contributed by atoms with Crippen molar-refractivity contribution in [3.63, 3.8) is 0 Å². The summed E-state index contributed by atoms with van der Waals surface area (Å²) in [4.78, 5) is 0. The average Bonchev–Trinajstić information content (AvgIpc) is 3.45. The minimum absolute atomic E-state index is 0. The van der Waals surface area contributed by atoms with Gasteiger partial charge in [0.2, 0.25) is 20.8 Å². The predicted molar refractivity (Wildman–Crippen MR) is 362 cm³/mol. The number of unbranched alkanes of at least 4 members (excludes halogenated alkanes) is 56. The van der Waals surface area contributed by atoms with Crippen molar-refractivity contribution < 1.29 is 34.3 Å². The van der Waals surface area contributed by atoms with Gasteiger partial charge in [0.25, 0.3) is 0 Å². The molecule has 0 aliphatic heterocycles. The van der Waals surface area contributed by atoms with E-state index in [0.29, 0.717) is 0 Å². The normalized spacial score (nSPS) is 12.6. The quantitative estimate of drug-likeness (QED) is 0.0254. The molecular formula is C72H146CaO8S2. The van der Waals surface area contributed by atoms with E-state index in [9.17, 15) is 25.9 Å². The average molecular weight is 1240 g/mol. The Morgan fingerprint density at radius 3 is 0.434 bits per heavy atom. The van der Waals surface area contributed by atoms with Crippen LogP contribution in [0.5, 0.6) is 0 Å². The minimum Gasteiger partial charge on any atom is -0.726 e. The van der Waals surface area contributed by atoms with Crippen LogP contribution >= 0.6 is 0 Å². The van der Waals surface area contributed by atoms with Gasteiger partial charge in [-0.3, -0.25) is 8.37 Å². The molecule has 0 aromatic carbocycles. The molecule has 0 spiro atoms. The van der Waals surface area contributed by atoms with Gasteiger partial charge < -0.3 is 9.11 Å². The summed E-state index contributed by atoms with van der Waals surface area (Å²) in [6.45, 7) is 9.25. The molecule has 0 amide bonds. The third-order valence-electron chi connectivity index (χ3n) is 17.8. The van der Waals surface area contributed by atoms with E-state index in [0.717, 1.165) is 51.4 Å². The van der Waals surface area contributed by atoms with E-state index in [2.05, 4.69) is 36.1 Å². The van der Waals surface area contributed by atoms with Crippen molar-refractivity contribution in [2.45, 2.75) is 439 Å². The van der Waals surface area contributed by atoms with Crippen molar-refractivity contribution in [2.75, 3.05) is 13.2 Å². The van der Waals surface area contributed by atoms with Crippen LogP contribution < -0.4 is 0 Å². The van der Waals surface area contributed by atoms with Crippen LogP contribution in [0.4, 0.5) is 0 Å². The maximum Gasteiger partial charge on any atom is 2.00 e. The summed E-state index contributed by atoms with van der Waals surface area (Å²) >= 11 is 0. The van der Waals surface area contributed by atoms with Crippen molar-refractivity contribution in [3.8, 4) is 0 Å². The van der Waals surface area contributed by atoms with E-state index in [1.54, 1.807) is 0 Å². The minimum atomic E-state index is -4.59. The summed E-state index contributed by atoms with van der Waals surface area (Å²) in [5, 5.41) is 0. The van der Waals surface area contributed by atoms with Gasteiger partial charge in [-0.25, -0.2) is 16.8 Å². The summed E-state index contributed by atoms with van der Waals surface area (Å²) in [6, 6.07) is 0. The summed E-state index contributed by atoms with van der Waals surface area (Å²) in [5.74, 6) is 0.394. The van der Waals surface area contributed by atoms with Crippen LogP contribution in [0.15, 0.2) is 0 Å². The zero-order valence-corrected chi connectivity index (χ0v) is 60.5. The van der Waals surface area contributed by atoms with Crippen LogP contribution in [-0.2, 0) is 29.2 Å². The Morgan fingerprint density at radius 1 is 0.217 bits per heavy atom. The Balaban J connectivity index is -0.00000152. The third kappa shape index (κ3) is 83.0. The SMILES string of the molecule is CCCCCCCCCCCCCCCCCCCC(CCCCCCCCCCCCCCC)COS(=O)(=O)[O-].CCCCCCCCCCCCCCCCCCCC(CCCCCCCCCCCCCCC)COS(=O)(=O)[O-].[Ca+2]. The van der Waals surface area contributed by atoms with Crippen molar-refractivity contribution in [1.29, 1.82) is 0 Å². The number of rotatable bonds is 70. The van der Waals surface area contributed by atoms with Crippen LogP contribution in [0.1, 0.15) is 439 Å². The third-order valence-corrected chi connectivity index (χ3v) is 18.6. The van der Waals surface area contributed by atoms with Gasteiger partial charge in [-0.15, -0.1) is 0 Å². The Morgan fingerprint density at radius 2 is 0.325 bits per heavy atom. The van der Waals surface area contributed by atoms with Crippen molar-refractivity contribution in [2.24, 2.45) is 11.8 Å². The van der Waals surface area contributed by atoms with Gasteiger partial charge in [-0.2, -0.15) is 0 Å². The Hall–Kier alpha value is 1.000. The van der Waals surface area contributed by atoms with Gasteiger partial charge in [0.05, 0.1) is 13.2 Å². The molecule has 0 fully saturated rings. The molecule has 8 nitrogen and oxygen atoms in total. The van der Waals surface area contributed by atoms with E-state index in [1.807, 2.05) is 0 Å². The smallest absolute Gasteiger partial charge is 0.726 e. The van der Waals surface area contributed by atoms with Crippen LogP contribution in [0.25, 0.3) is 0 Å². The van der Waals surface area contributed by atoms with Crippen molar-refractivity contribution >= 4 is 58.5 Å². The first-order valence-corrected chi connectivity index (χ1v) is 39.9. The molecule has 0 aliphatic rings. The van der Waals surface area contributed by atoms with Crippen molar-refractivity contribution in [1.82, 2.24) is 0 Å². The van der Waals surface area contributed by atoms with E-state index >= 15 is 0 Å². The van der Waals surface area contributed by atoms with E-state index in [1.165, 1.54) is 360 Å². The fourth-order valence-electron chi connectivity index (χ4n) is 12.2. The Kier molecular flexibility index (Phi) is 78.4. The fourth-order valence-corrected chi connectivity index (χ4v) is 12.9. The maximum absolute atomic E-state index is 11.0. The number of hydrogen-bond donors (Lipinski definition) is 0. The maximum atomic E-state index is 11.0. The van der Waals surface area contributed by atoms with E-state index < -0.39 is 20.8 Å². The molecule has 0 rings (SSSR count). The molecule has 0 saturated carbocycles. The van der Waals surface area contributed by atoms with Gasteiger partial charge in [-0.1, -0.05) is 413 Å². The zero-order valence-electron chi connectivity index (χ0n) is 56.6. The molecule has 0 aromatic rings. The van der Waals surface area contributed by atoms with Gasteiger partial charge >= 0.3 is 37.7 Å². The van der Waals surface area contributed by atoms with Gasteiger partial charge in [0, 0.05) is 0 Å². The molecule has 2 unspecified atom stereocenters. The first-order chi connectivity index (χ1) is 40.0. The number of hydrogen-bond acceptors (Lipinski definition) is 8. The van der Waals surface area contributed by atoms with Gasteiger partial charge in [0.15, 0.2) is 0 Å². The van der Waals surface area contributed by atoms with Crippen LogP contribution in [0.3, 0.4) is 0 Å². The molecule has 2 atom stereocenters. The monoisotopic (exact) mass is 1240 g/mol. The van der Waals surface area contributed by atoms with Crippen LogP contribution in [0.2, 0.25) is 0 Å². The fraction of sp³-hybridized carbons (Fsp3) is 1.00. The first kappa shape index (κ1) is 88.2. The van der Waals surface area contributed by atoms with Gasteiger partial charge in [0.1, 0.15) is 0 Å². The van der Waals surface area contributed by atoms with E-state index in [-0.39, 0.29) is 62.8 Å². The van der Waals surface area contributed by atoms with Crippen molar-refractivity contribution in [3.05, 3.63) is 0 Å². The van der Waals surface area contributed by atoms with Crippen LogP contribution in [0, 0.1) is 11.8 Å². The summed E-state index contributed by atoms with van der Waals surface area (Å²) in [5.41, 5.74) is 0. The summed E-state index contributed by atoms with van der Waals surface area (Å²) in [6.07, 6.45) is 84.8. The second-order valence-electron chi connectivity index (χ2n) is 26.1. The first-order valence-electron chi connectivity index (χ1n) is 37.2. The van der Waals surface area contributed by atoms with Gasteiger partial charge in [-0.05, 0) is 37.5 Å². The molecule has 0 aliphatic carbocycles. The Labute approximate surface area is 552 Å². The molecule has 0 radical (unpaired) electrons. The second-order valence-corrected chi connectivity index (χ2v) is 28.2. The molecule has 0 N–H and O–H groups in total. The standard InChI is InChI=1S/2C36H74O4S.Ca/c2*1-3-5-7-9-11-13-15-17-18-19-20-22-24-26-28-30-32-34-36(35-40-41(37,38)39)33-31-29-27-25-23-21-16-14-12-10-8-6-4-2;/h2*36H,3-35H2,1-2H3,(H,37,38,39);/q;;+2/p-2. The molecule has 0 bridgehead atoms. The Bertz CT molecular complexity index is 1300. The summed E-state index contributed by atoms with van der Waals surface area (Å²) in [7, 11) is -9.18. The second kappa shape index (κ2) is 73.7.